The quantitative estimate of drug-likeness (QED) is 0.880. The molecule has 1 aliphatic heterocycles. The molecule has 6 heteroatoms. The van der Waals surface area contributed by atoms with Crippen LogP contribution in [0.5, 0.6) is 5.75 Å². The maximum atomic E-state index is 12.0. The largest absolute Gasteiger partial charge is 0.491 e. The molecule has 1 aromatic carbocycles. The molecule has 0 bridgehead atoms. The van der Waals surface area contributed by atoms with Crippen LogP contribution >= 0.6 is 0 Å². The minimum Gasteiger partial charge on any atom is -0.491 e. The van der Waals surface area contributed by atoms with Crippen molar-refractivity contribution in [2.45, 2.75) is 31.9 Å². The van der Waals surface area contributed by atoms with Crippen molar-refractivity contribution in [2.24, 2.45) is 7.05 Å². The molecule has 0 unspecified atom stereocenters. The van der Waals surface area contributed by atoms with Gasteiger partial charge in [-0.2, -0.15) is 5.10 Å². The van der Waals surface area contributed by atoms with Crippen molar-refractivity contribution in [1.82, 2.24) is 15.1 Å². The summed E-state index contributed by atoms with van der Waals surface area (Å²) in [6.07, 6.45) is 5.17. The first-order valence-electron chi connectivity index (χ1n) is 8.17. The molecule has 1 aliphatic rings. The fourth-order valence-corrected chi connectivity index (χ4v) is 2.65. The van der Waals surface area contributed by atoms with E-state index in [2.05, 4.69) is 16.5 Å². The van der Waals surface area contributed by atoms with Crippen LogP contribution < -0.4 is 10.1 Å². The van der Waals surface area contributed by atoms with E-state index in [0.29, 0.717) is 13.2 Å². The van der Waals surface area contributed by atoms with E-state index < -0.39 is 0 Å². The number of hydrogen-bond acceptors (Lipinski definition) is 4. The summed E-state index contributed by atoms with van der Waals surface area (Å²) in [5.41, 5.74) is 2.01. The first kappa shape index (κ1) is 16.5. The van der Waals surface area contributed by atoms with Crippen LogP contribution in [0.4, 0.5) is 0 Å². The summed E-state index contributed by atoms with van der Waals surface area (Å²) in [6.45, 7) is 2.98. The standard InChI is InChI=1S/C18H22N3O3/c1-13(20-18(22)17-7-4-8-23-17)12-24-16-6-3-5-14(9-16)15-10-19-21(2)11-15/h5-6,9-11,13,17H,4,7-8,12H2,1-2H3,(H,20,22)/t13-,17-/m1/s1. The number of nitrogens with one attached hydrogen (secondary N) is 1. The molecule has 2 heterocycles. The lowest BCUT2D eigenvalue weighted by Crippen LogP contribution is -2.42. The lowest BCUT2D eigenvalue weighted by molar-refractivity contribution is -0.130. The third-order valence-electron chi connectivity index (χ3n) is 3.91. The van der Waals surface area contributed by atoms with Gasteiger partial charge in [-0.1, -0.05) is 0 Å². The molecule has 1 N–H and O–H groups in total. The fourth-order valence-electron chi connectivity index (χ4n) is 2.65. The summed E-state index contributed by atoms with van der Waals surface area (Å²) in [5, 5.41) is 7.10. The normalized spacial score (nSPS) is 18.3. The highest BCUT2D eigenvalue weighted by Gasteiger charge is 2.24. The third-order valence-corrected chi connectivity index (χ3v) is 3.91. The number of amides is 1. The first-order valence-corrected chi connectivity index (χ1v) is 8.17. The smallest absolute Gasteiger partial charge is 0.249 e. The highest BCUT2D eigenvalue weighted by molar-refractivity contribution is 5.81. The van der Waals surface area contributed by atoms with Crippen molar-refractivity contribution >= 4 is 5.91 Å². The van der Waals surface area contributed by atoms with Crippen LogP contribution in [0.2, 0.25) is 0 Å². The van der Waals surface area contributed by atoms with Crippen molar-refractivity contribution in [3.63, 3.8) is 0 Å². The molecule has 24 heavy (non-hydrogen) atoms. The summed E-state index contributed by atoms with van der Waals surface area (Å²) in [6, 6.07) is 8.61. The van der Waals surface area contributed by atoms with Gasteiger partial charge in [0.1, 0.15) is 18.5 Å². The van der Waals surface area contributed by atoms with Crippen molar-refractivity contribution < 1.29 is 14.3 Å². The van der Waals surface area contributed by atoms with Crippen molar-refractivity contribution in [1.29, 1.82) is 0 Å². The number of aromatic nitrogens is 2. The number of rotatable bonds is 6. The van der Waals surface area contributed by atoms with Gasteiger partial charge in [0.05, 0.1) is 12.2 Å². The summed E-state index contributed by atoms with van der Waals surface area (Å²) >= 11 is 0. The maximum absolute atomic E-state index is 12.0. The molecule has 0 spiro atoms. The van der Waals surface area contributed by atoms with Crippen molar-refractivity contribution in [3.05, 3.63) is 36.7 Å². The zero-order chi connectivity index (χ0) is 16.9. The molecule has 0 saturated carbocycles. The molecular weight excluding hydrogens is 306 g/mol. The molecule has 1 fully saturated rings. The van der Waals surface area contributed by atoms with E-state index in [1.165, 1.54) is 0 Å². The number of benzene rings is 1. The Morgan fingerprint density at radius 2 is 2.42 bits per heavy atom. The first-order chi connectivity index (χ1) is 11.6. The lowest BCUT2D eigenvalue weighted by atomic mass is 10.1. The molecule has 1 saturated heterocycles. The summed E-state index contributed by atoms with van der Waals surface area (Å²) in [7, 11) is 1.88. The molecule has 2 aromatic rings. The van der Waals surface area contributed by atoms with Crippen molar-refractivity contribution in [3.8, 4) is 16.9 Å². The lowest BCUT2D eigenvalue weighted by Gasteiger charge is -2.17. The molecule has 6 nitrogen and oxygen atoms in total. The Morgan fingerprint density at radius 3 is 3.12 bits per heavy atom. The Labute approximate surface area is 141 Å². The average Bonchev–Trinajstić information content (AvgIpc) is 3.25. The van der Waals surface area contributed by atoms with E-state index in [0.717, 1.165) is 29.7 Å². The maximum Gasteiger partial charge on any atom is 0.249 e. The van der Waals surface area contributed by atoms with E-state index in [9.17, 15) is 4.79 Å². The van der Waals surface area contributed by atoms with E-state index in [1.54, 1.807) is 16.9 Å². The van der Waals surface area contributed by atoms with Crippen LogP contribution in [-0.2, 0) is 16.6 Å². The van der Waals surface area contributed by atoms with Gasteiger partial charge in [0.2, 0.25) is 5.91 Å². The second-order valence-corrected chi connectivity index (χ2v) is 6.08. The molecule has 1 aromatic heterocycles. The van der Waals surface area contributed by atoms with Crippen LogP contribution in [0.3, 0.4) is 0 Å². The second kappa shape index (κ2) is 7.49. The summed E-state index contributed by atoms with van der Waals surface area (Å²) < 4.78 is 12.9. The number of ether oxygens (including phenoxy) is 2. The van der Waals surface area contributed by atoms with Gasteiger partial charge in [-0.05, 0) is 49.6 Å². The highest BCUT2D eigenvalue weighted by atomic mass is 16.5. The average molecular weight is 328 g/mol. The molecule has 2 atom stereocenters. The predicted molar refractivity (Wildman–Crippen MR) is 89.6 cm³/mol. The van der Waals surface area contributed by atoms with Gasteiger partial charge < -0.3 is 14.8 Å². The molecule has 3 rings (SSSR count). The Kier molecular flexibility index (Phi) is 5.15. The number of aryl methyl sites for hydroxylation is 1. The SMILES string of the molecule is C[C@H](COc1c[c]cc(-c2cnn(C)c2)c1)NC(=O)[C@H]1CCCO1. The van der Waals surface area contributed by atoms with Gasteiger partial charge in [0.25, 0.3) is 0 Å². The number of hydrogen-bond donors (Lipinski definition) is 1. The van der Waals surface area contributed by atoms with Gasteiger partial charge in [-0.3, -0.25) is 9.48 Å². The van der Waals surface area contributed by atoms with Gasteiger partial charge in [-0.15, -0.1) is 0 Å². The van der Waals surface area contributed by atoms with Crippen molar-refractivity contribution in [2.75, 3.05) is 13.2 Å². The number of carbonyl (C=O) groups excluding carboxylic acids is 1. The molecule has 1 amide bonds. The molecule has 127 valence electrons. The van der Waals surface area contributed by atoms with Crippen LogP contribution in [0.1, 0.15) is 19.8 Å². The van der Waals surface area contributed by atoms with Gasteiger partial charge >= 0.3 is 0 Å². The third kappa shape index (κ3) is 4.14. The topological polar surface area (TPSA) is 65.4 Å². The molecule has 0 aliphatic carbocycles. The number of nitrogens with zero attached hydrogens (tertiary/aromatic N) is 2. The Hall–Kier alpha value is -2.34. The summed E-state index contributed by atoms with van der Waals surface area (Å²) in [4.78, 5) is 12.0. The van der Waals surface area contributed by atoms with E-state index in [1.807, 2.05) is 32.3 Å². The zero-order valence-electron chi connectivity index (χ0n) is 14.0. The van der Waals surface area contributed by atoms with Crippen LogP contribution in [0, 0.1) is 6.07 Å². The van der Waals surface area contributed by atoms with E-state index >= 15 is 0 Å². The van der Waals surface area contributed by atoms with Crippen LogP contribution in [0.25, 0.3) is 11.1 Å². The van der Waals surface area contributed by atoms with Gasteiger partial charge in [0.15, 0.2) is 0 Å². The molecular formula is C18H22N3O3. The molecule has 1 radical (unpaired) electrons. The van der Waals surface area contributed by atoms with Crippen LogP contribution in [0.15, 0.2) is 30.6 Å². The van der Waals surface area contributed by atoms with E-state index in [-0.39, 0.29) is 18.1 Å². The minimum atomic E-state index is -0.310. The predicted octanol–water partition coefficient (Wildman–Crippen LogP) is 1.95. The summed E-state index contributed by atoms with van der Waals surface area (Å²) in [5.74, 6) is 0.661. The fraction of sp³-hybridized carbons (Fsp3) is 0.444. The Bertz CT molecular complexity index is 692. The van der Waals surface area contributed by atoms with Gasteiger partial charge in [0, 0.05) is 25.4 Å². The Balaban J connectivity index is 1.53. The second-order valence-electron chi connectivity index (χ2n) is 6.08. The zero-order valence-corrected chi connectivity index (χ0v) is 14.0. The van der Waals surface area contributed by atoms with Crippen LogP contribution in [-0.4, -0.2) is 41.0 Å². The monoisotopic (exact) mass is 328 g/mol. The minimum absolute atomic E-state index is 0.0562. The Morgan fingerprint density at radius 1 is 1.54 bits per heavy atom. The van der Waals surface area contributed by atoms with E-state index in [4.69, 9.17) is 9.47 Å². The number of carbonyl (C=O) groups is 1. The van der Waals surface area contributed by atoms with Gasteiger partial charge in [-0.25, -0.2) is 0 Å². The highest BCUT2D eigenvalue weighted by Crippen LogP contribution is 2.23.